The molecule has 1 heterocycles. The van der Waals surface area contributed by atoms with Crippen molar-refractivity contribution in [3.8, 4) is 11.6 Å². The molecule has 17 heavy (non-hydrogen) atoms. The van der Waals surface area contributed by atoms with Gasteiger partial charge < -0.3 is 4.74 Å². The van der Waals surface area contributed by atoms with Crippen LogP contribution in [0.4, 0.5) is 0 Å². The zero-order valence-electron chi connectivity index (χ0n) is 10.1. The molecule has 0 radical (unpaired) electrons. The summed E-state index contributed by atoms with van der Waals surface area (Å²) < 4.78 is 6.88. The lowest BCUT2D eigenvalue weighted by atomic mass is 10.2. The number of hydrogen-bond donors (Lipinski definition) is 0. The molecule has 0 saturated carbocycles. The molecule has 0 amide bonds. The first-order chi connectivity index (χ1) is 8.17. The van der Waals surface area contributed by atoms with Gasteiger partial charge in [-0.15, -0.1) is 0 Å². The van der Waals surface area contributed by atoms with Gasteiger partial charge in [0.1, 0.15) is 0 Å². The second-order valence-corrected chi connectivity index (χ2v) is 3.87. The number of carbonyl (C=O) groups excluding carboxylic acids is 1. The number of nitrogens with zero attached hydrogens (tertiary/aromatic N) is 2. The first kappa shape index (κ1) is 11.4. The second-order valence-electron chi connectivity index (χ2n) is 3.87. The van der Waals surface area contributed by atoms with Crippen LogP contribution in [-0.4, -0.2) is 23.2 Å². The first-order valence-electron chi connectivity index (χ1n) is 5.33. The summed E-state index contributed by atoms with van der Waals surface area (Å²) in [6.07, 6.45) is 0.770. The smallest absolute Gasteiger partial charge is 0.227 e. The molecule has 4 nitrogen and oxygen atoms in total. The van der Waals surface area contributed by atoms with Gasteiger partial charge in [-0.25, -0.2) is 4.68 Å². The Morgan fingerprint density at radius 2 is 1.88 bits per heavy atom. The largest absolute Gasteiger partial charge is 0.480 e. The van der Waals surface area contributed by atoms with E-state index in [2.05, 4.69) is 5.10 Å². The Labute approximate surface area is 99.8 Å². The van der Waals surface area contributed by atoms with Crippen molar-refractivity contribution < 1.29 is 9.53 Å². The van der Waals surface area contributed by atoms with Crippen molar-refractivity contribution in [2.75, 3.05) is 7.11 Å². The molecule has 0 N–H and O–H groups in total. The minimum absolute atomic E-state index is 0.473. The molecule has 1 aromatic carbocycles. The fraction of sp³-hybridized carbons (Fsp3) is 0.231. The highest BCUT2D eigenvalue weighted by Crippen LogP contribution is 2.24. The van der Waals surface area contributed by atoms with Gasteiger partial charge in [-0.3, -0.25) is 4.79 Å². The van der Waals surface area contributed by atoms with E-state index in [1.54, 1.807) is 11.6 Å². The molecular weight excluding hydrogens is 216 g/mol. The molecule has 88 valence electrons. The molecule has 2 aromatic rings. The third-order valence-electron chi connectivity index (χ3n) is 2.65. The SMILES string of the molecule is COc1c(C=O)c(C)nn1-c1ccc(C)cc1. The monoisotopic (exact) mass is 230 g/mol. The average molecular weight is 230 g/mol. The first-order valence-corrected chi connectivity index (χ1v) is 5.33. The number of aldehydes is 1. The van der Waals surface area contributed by atoms with Gasteiger partial charge in [0.05, 0.1) is 24.1 Å². The summed E-state index contributed by atoms with van der Waals surface area (Å²) in [7, 11) is 1.54. The number of carbonyl (C=O) groups is 1. The van der Waals surface area contributed by atoms with E-state index in [-0.39, 0.29) is 0 Å². The van der Waals surface area contributed by atoms with Crippen molar-refractivity contribution in [3.63, 3.8) is 0 Å². The minimum Gasteiger partial charge on any atom is -0.480 e. The highest BCUT2D eigenvalue weighted by Gasteiger charge is 2.16. The van der Waals surface area contributed by atoms with Crippen molar-refractivity contribution in [1.29, 1.82) is 0 Å². The molecule has 0 atom stereocenters. The van der Waals surface area contributed by atoms with Crippen molar-refractivity contribution >= 4 is 6.29 Å². The molecule has 0 aliphatic rings. The number of aromatic nitrogens is 2. The lowest BCUT2D eigenvalue weighted by Crippen LogP contribution is -2.00. The van der Waals surface area contributed by atoms with E-state index < -0.39 is 0 Å². The molecular formula is C13H14N2O2. The van der Waals surface area contributed by atoms with Gasteiger partial charge >= 0.3 is 0 Å². The fourth-order valence-electron chi connectivity index (χ4n) is 1.71. The highest BCUT2D eigenvalue weighted by atomic mass is 16.5. The summed E-state index contributed by atoms with van der Waals surface area (Å²) in [5.41, 5.74) is 3.21. The fourth-order valence-corrected chi connectivity index (χ4v) is 1.71. The van der Waals surface area contributed by atoms with E-state index in [4.69, 9.17) is 4.74 Å². The van der Waals surface area contributed by atoms with Gasteiger partial charge in [-0.1, -0.05) is 17.7 Å². The third-order valence-corrected chi connectivity index (χ3v) is 2.65. The van der Waals surface area contributed by atoms with Gasteiger partial charge in [-0.2, -0.15) is 5.10 Å². The molecule has 0 fully saturated rings. The predicted molar refractivity (Wildman–Crippen MR) is 65.0 cm³/mol. The zero-order valence-corrected chi connectivity index (χ0v) is 10.1. The number of hydrogen-bond acceptors (Lipinski definition) is 3. The number of methoxy groups -OCH3 is 1. The lowest BCUT2D eigenvalue weighted by Gasteiger charge is -2.06. The van der Waals surface area contributed by atoms with E-state index in [9.17, 15) is 4.79 Å². The third kappa shape index (κ3) is 1.93. The Morgan fingerprint density at radius 3 is 2.41 bits per heavy atom. The summed E-state index contributed by atoms with van der Waals surface area (Å²) in [5, 5.41) is 4.31. The quantitative estimate of drug-likeness (QED) is 0.760. The molecule has 0 aliphatic carbocycles. The van der Waals surface area contributed by atoms with Gasteiger partial charge in [0.15, 0.2) is 6.29 Å². The molecule has 0 bridgehead atoms. The zero-order chi connectivity index (χ0) is 12.4. The van der Waals surface area contributed by atoms with E-state index in [0.29, 0.717) is 17.1 Å². The van der Waals surface area contributed by atoms with Crippen LogP contribution in [0.5, 0.6) is 5.88 Å². The molecule has 0 aliphatic heterocycles. The van der Waals surface area contributed by atoms with E-state index in [0.717, 1.165) is 12.0 Å². The van der Waals surface area contributed by atoms with Crippen LogP contribution in [-0.2, 0) is 0 Å². The van der Waals surface area contributed by atoms with Gasteiger partial charge in [0.25, 0.3) is 0 Å². The molecule has 0 unspecified atom stereocenters. The van der Waals surface area contributed by atoms with Crippen LogP contribution < -0.4 is 4.74 Å². The van der Waals surface area contributed by atoms with Crippen molar-refractivity contribution in [1.82, 2.24) is 9.78 Å². The maximum atomic E-state index is 11.0. The van der Waals surface area contributed by atoms with Crippen LogP contribution in [0.3, 0.4) is 0 Å². The van der Waals surface area contributed by atoms with E-state index >= 15 is 0 Å². The maximum absolute atomic E-state index is 11.0. The maximum Gasteiger partial charge on any atom is 0.227 e. The topological polar surface area (TPSA) is 44.1 Å². The second kappa shape index (κ2) is 4.41. The molecule has 0 spiro atoms. The van der Waals surface area contributed by atoms with Crippen molar-refractivity contribution in [2.45, 2.75) is 13.8 Å². The molecule has 1 aromatic heterocycles. The number of ether oxygens (including phenoxy) is 1. The summed E-state index contributed by atoms with van der Waals surface area (Å²) >= 11 is 0. The van der Waals surface area contributed by atoms with Crippen LogP contribution in [0.15, 0.2) is 24.3 Å². The highest BCUT2D eigenvalue weighted by molar-refractivity contribution is 5.80. The Morgan fingerprint density at radius 1 is 1.24 bits per heavy atom. The Balaban J connectivity index is 2.59. The normalized spacial score (nSPS) is 10.3. The summed E-state index contributed by atoms with van der Waals surface area (Å²) in [6, 6.07) is 7.87. The van der Waals surface area contributed by atoms with Crippen LogP contribution in [0, 0.1) is 13.8 Å². The van der Waals surface area contributed by atoms with Gasteiger partial charge in [0, 0.05) is 0 Å². The number of rotatable bonds is 3. The minimum atomic E-state index is 0.473. The van der Waals surface area contributed by atoms with Crippen LogP contribution in [0.25, 0.3) is 5.69 Å². The molecule has 4 heteroatoms. The van der Waals surface area contributed by atoms with Crippen molar-refractivity contribution in [2.24, 2.45) is 0 Å². The van der Waals surface area contributed by atoms with Gasteiger partial charge in [0.2, 0.25) is 5.88 Å². The average Bonchev–Trinajstić information content (AvgIpc) is 2.66. The predicted octanol–water partition coefficient (Wildman–Crippen LogP) is 2.31. The van der Waals surface area contributed by atoms with E-state index in [1.807, 2.05) is 31.2 Å². The number of aryl methyl sites for hydroxylation is 2. The van der Waals surface area contributed by atoms with Crippen molar-refractivity contribution in [3.05, 3.63) is 41.1 Å². The van der Waals surface area contributed by atoms with Gasteiger partial charge in [-0.05, 0) is 26.0 Å². The molecule has 2 rings (SSSR count). The Kier molecular flexibility index (Phi) is 2.95. The van der Waals surface area contributed by atoms with Crippen LogP contribution >= 0.6 is 0 Å². The van der Waals surface area contributed by atoms with Crippen LogP contribution in [0.1, 0.15) is 21.6 Å². The summed E-state index contributed by atoms with van der Waals surface area (Å²) in [4.78, 5) is 11.0. The lowest BCUT2D eigenvalue weighted by molar-refractivity contribution is 0.112. The standard InChI is InChI=1S/C13H14N2O2/c1-9-4-6-11(7-5-9)15-13(17-3)12(8-16)10(2)14-15/h4-8H,1-3H3. The van der Waals surface area contributed by atoms with E-state index in [1.165, 1.54) is 12.7 Å². The molecule has 0 saturated heterocycles. The number of benzene rings is 1. The summed E-state index contributed by atoms with van der Waals surface area (Å²) in [5.74, 6) is 0.473. The Hall–Kier alpha value is -2.10. The van der Waals surface area contributed by atoms with Crippen LogP contribution in [0.2, 0.25) is 0 Å². The summed E-state index contributed by atoms with van der Waals surface area (Å²) in [6.45, 7) is 3.81. The Bertz CT molecular complexity index is 541.